The Kier molecular flexibility index (Phi) is 14.8. The highest BCUT2D eigenvalue weighted by Gasteiger charge is 2.17. The number of carboxylic acids is 1. The molecule has 10 heteroatoms. The van der Waals surface area contributed by atoms with E-state index in [0.717, 1.165) is 17.7 Å². The minimum absolute atomic E-state index is 0.0302. The largest absolute Gasteiger partial charge is 0.480 e. The SMILES string of the molecule is C=O.CN[C@@H](CNC(=O)c1ccc(CCCN=C(N)N)s1)C(=O)O.Cc1ccccc1. The minimum atomic E-state index is -1.01. The number of aryl methyl sites for hydroxylation is 2. The Labute approximate surface area is 186 Å². The van der Waals surface area contributed by atoms with Crippen molar-refractivity contribution in [3.8, 4) is 0 Å². The molecule has 2 aromatic rings. The average molecular weight is 450 g/mol. The van der Waals surface area contributed by atoms with Gasteiger partial charge in [0.2, 0.25) is 0 Å². The van der Waals surface area contributed by atoms with Gasteiger partial charge in [0, 0.05) is 18.0 Å². The number of hydrogen-bond donors (Lipinski definition) is 5. The highest BCUT2D eigenvalue weighted by Crippen LogP contribution is 2.18. The molecular weight excluding hydrogens is 418 g/mol. The maximum Gasteiger partial charge on any atom is 0.322 e. The third-order valence-corrected chi connectivity index (χ3v) is 4.96. The van der Waals surface area contributed by atoms with Gasteiger partial charge in [-0.05, 0) is 38.9 Å². The third-order valence-electron chi connectivity index (χ3n) is 3.81. The molecule has 0 aliphatic heterocycles. The van der Waals surface area contributed by atoms with E-state index in [1.165, 1.54) is 23.9 Å². The van der Waals surface area contributed by atoms with Crippen LogP contribution in [0.3, 0.4) is 0 Å². The summed E-state index contributed by atoms with van der Waals surface area (Å²) in [5.74, 6) is -1.21. The van der Waals surface area contributed by atoms with Crippen LogP contribution < -0.4 is 22.1 Å². The molecule has 0 fully saturated rings. The molecule has 7 N–H and O–H groups in total. The van der Waals surface area contributed by atoms with E-state index in [9.17, 15) is 9.59 Å². The van der Waals surface area contributed by atoms with E-state index in [2.05, 4.69) is 34.7 Å². The minimum Gasteiger partial charge on any atom is -0.480 e. The smallest absolute Gasteiger partial charge is 0.322 e. The second-order valence-electron chi connectivity index (χ2n) is 6.22. The van der Waals surface area contributed by atoms with Crippen LogP contribution >= 0.6 is 11.3 Å². The van der Waals surface area contributed by atoms with Crippen molar-refractivity contribution in [1.29, 1.82) is 0 Å². The Bertz CT molecular complexity index is 807. The fourth-order valence-corrected chi connectivity index (χ4v) is 3.19. The highest BCUT2D eigenvalue weighted by atomic mass is 32.1. The zero-order valence-corrected chi connectivity index (χ0v) is 18.7. The number of carbonyl (C=O) groups excluding carboxylic acids is 2. The number of nitrogens with two attached hydrogens (primary N) is 2. The fraction of sp³-hybridized carbons (Fsp3) is 0.333. The molecule has 0 saturated heterocycles. The van der Waals surface area contributed by atoms with Gasteiger partial charge in [-0.15, -0.1) is 11.3 Å². The summed E-state index contributed by atoms with van der Waals surface area (Å²) in [6, 6.07) is 13.1. The van der Waals surface area contributed by atoms with E-state index in [1.54, 1.807) is 6.07 Å². The van der Waals surface area contributed by atoms with Gasteiger partial charge >= 0.3 is 5.97 Å². The van der Waals surface area contributed by atoms with Gasteiger partial charge in [-0.25, -0.2) is 0 Å². The van der Waals surface area contributed by atoms with Crippen molar-refractivity contribution < 1.29 is 19.5 Å². The summed E-state index contributed by atoms with van der Waals surface area (Å²) in [4.78, 5) is 36.3. The third kappa shape index (κ3) is 12.8. The summed E-state index contributed by atoms with van der Waals surface area (Å²) in [5.41, 5.74) is 11.8. The molecule has 0 aliphatic rings. The summed E-state index contributed by atoms with van der Waals surface area (Å²) >= 11 is 1.38. The molecule has 9 nitrogen and oxygen atoms in total. The summed E-state index contributed by atoms with van der Waals surface area (Å²) in [6.45, 7) is 4.66. The summed E-state index contributed by atoms with van der Waals surface area (Å²) < 4.78 is 0. The number of benzene rings is 1. The monoisotopic (exact) mass is 449 g/mol. The van der Waals surface area contributed by atoms with Crippen molar-refractivity contribution in [3.05, 3.63) is 57.8 Å². The van der Waals surface area contributed by atoms with Gasteiger partial charge in [-0.3, -0.25) is 14.6 Å². The molecule has 170 valence electrons. The first-order chi connectivity index (χ1) is 14.8. The molecular formula is C21H31N5O4S. The number of rotatable bonds is 9. The topological polar surface area (TPSA) is 160 Å². The molecule has 1 aromatic heterocycles. The van der Waals surface area contributed by atoms with E-state index in [-0.39, 0.29) is 18.4 Å². The molecule has 0 unspecified atom stereocenters. The van der Waals surface area contributed by atoms with Crippen LogP contribution in [0.4, 0.5) is 0 Å². The standard InChI is InChI=1S/C13H21N5O3S.C7H8.CH2O/c1-16-9(12(20)21)7-18-11(19)10-5-4-8(22-10)3-2-6-17-13(14)15;1-7-5-3-2-4-6-7;1-2/h4-5,9,16H,2-3,6-7H2,1H3,(H,18,19)(H,20,21)(H4,14,15,17);2-6H,1H3;1H2/t9-;;/m0../s1. The molecule has 0 bridgehead atoms. The molecule has 1 atom stereocenters. The van der Waals surface area contributed by atoms with Crippen LogP contribution in [0.5, 0.6) is 0 Å². The van der Waals surface area contributed by atoms with Gasteiger partial charge in [-0.1, -0.05) is 35.9 Å². The molecule has 1 aromatic carbocycles. The molecule has 2 rings (SSSR count). The molecule has 1 amide bonds. The Morgan fingerprint density at radius 1 is 1.16 bits per heavy atom. The zero-order chi connectivity index (χ0) is 23.6. The van der Waals surface area contributed by atoms with Gasteiger partial charge in [0.15, 0.2) is 5.96 Å². The summed E-state index contributed by atoms with van der Waals surface area (Å²) in [7, 11) is 1.53. The lowest BCUT2D eigenvalue weighted by Crippen LogP contribution is -2.44. The zero-order valence-electron chi connectivity index (χ0n) is 17.8. The number of aliphatic imine (C=N–C) groups is 1. The van der Waals surface area contributed by atoms with Crippen LogP contribution in [0, 0.1) is 6.92 Å². The number of carbonyl (C=O) groups is 3. The molecule has 1 heterocycles. The maximum atomic E-state index is 11.9. The average Bonchev–Trinajstić information content (AvgIpc) is 3.23. The van der Waals surface area contributed by atoms with Crippen LogP contribution in [-0.4, -0.2) is 55.9 Å². The number of hydrogen-bond acceptors (Lipinski definition) is 6. The Morgan fingerprint density at radius 3 is 2.29 bits per heavy atom. The van der Waals surface area contributed by atoms with Gasteiger partial charge in [0.25, 0.3) is 5.91 Å². The first kappa shape index (κ1) is 27.8. The number of nitrogens with one attached hydrogen (secondary N) is 2. The van der Waals surface area contributed by atoms with Crippen molar-refractivity contribution >= 4 is 36.0 Å². The number of amides is 1. The van der Waals surface area contributed by atoms with E-state index in [4.69, 9.17) is 21.4 Å². The number of carboxylic acid groups (broad SMARTS) is 1. The molecule has 0 radical (unpaired) electrons. The predicted molar refractivity (Wildman–Crippen MR) is 124 cm³/mol. The normalized spacial score (nSPS) is 10.4. The van der Waals surface area contributed by atoms with Crippen molar-refractivity contribution in [2.75, 3.05) is 20.1 Å². The van der Waals surface area contributed by atoms with Crippen molar-refractivity contribution in [2.45, 2.75) is 25.8 Å². The quantitative estimate of drug-likeness (QED) is 0.218. The van der Waals surface area contributed by atoms with Gasteiger partial charge < -0.3 is 32.0 Å². The second-order valence-corrected chi connectivity index (χ2v) is 7.39. The van der Waals surface area contributed by atoms with Crippen molar-refractivity contribution in [1.82, 2.24) is 10.6 Å². The first-order valence-electron chi connectivity index (χ1n) is 9.46. The Balaban J connectivity index is 0.000000831. The van der Waals surface area contributed by atoms with Gasteiger partial charge in [0.1, 0.15) is 12.8 Å². The molecule has 31 heavy (non-hydrogen) atoms. The second kappa shape index (κ2) is 16.5. The fourth-order valence-electron chi connectivity index (χ4n) is 2.22. The first-order valence-corrected chi connectivity index (χ1v) is 10.3. The lowest BCUT2D eigenvalue weighted by Gasteiger charge is -2.11. The van der Waals surface area contributed by atoms with Gasteiger partial charge in [-0.2, -0.15) is 0 Å². The molecule has 0 saturated carbocycles. The van der Waals surface area contributed by atoms with Crippen molar-refractivity contribution in [3.63, 3.8) is 0 Å². The van der Waals surface area contributed by atoms with Gasteiger partial charge in [0.05, 0.1) is 4.88 Å². The van der Waals surface area contributed by atoms with Crippen LogP contribution in [0.15, 0.2) is 47.5 Å². The Morgan fingerprint density at radius 2 is 1.81 bits per heavy atom. The van der Waals surface area contributed by atoms with Crippen LogP contribution in [0.1, 0.15) is 26.5 Å². The van der Waals surface area contributed by atoms with E-state index < -0.39 is 12.0 Å². The lowest BCUT2D eigenvalue weighted by molar-refractivity contribution is -0.139. The highest BCUT2D eigenvalue weighted by molar-refractivity contribution is 7.14. The van der Waals surface area contributed by atoms with Crippen LogP contribution in [-0.2, 0) is 16.0 Å². The summed E-state index contributed by atoms with van der Waals surface area (Å²) in [6.07, 6.45) is 1.57. The number of guanidine groups is 1. The maximum absolute atomic E-state index is 11.9. The number of thiophene rings is 1. The van der Waals surface area contributed by atoms with E-state index in [0.29, 0.717) is 11.4 Å². The lowest BCUT2D eigenvalue weighted by atomic mass is 10.2. The van der Waals surface area contributed by atoms with E-state index in [1.807, 2.05) is 31.1 Å². The number of nitrogens with zero attached hydrogens (tertiary/aromatic N) is 1. The number of likely N-dealkylation sites (N-methyl/N-ethyl adjacent to an activating group) is 1. The van der Waals surface area contributed by atoms with Crippen molar-refractivity contribution in [2.24, 2.45) is 16.5 Å². The summed E-state index contributed by atoms with van der Waals surface area (Å²) in [5, 5.41) is 14.1. The van der Waals surface area contributed by atoms with Crippen LogP contribution in [0.2, 0.25) is 0 Å². The predicted octanol–water partition coefficient (Wildman–Crippen LogP) is 1.17. The van der Waals surface area contributed by atoms with E-state index >= 15 is 0 Å². The molecule has 0 aliphatic carbocycles. The number of aliphatic carboxylic acids is 1. The molecule has 0 spiro atoms. The Hall–Kier alpha value is -3.24. The van der Waals surface area contributed by atoms with Crippen LogP contribution in [0.25, 0.3) is 0 Å².